The number of carboxylic acid groups (broad SMARTS) is 1. The highest BCUT2D eigenvalue weighted by molar-refractivity contribution is 5.87. The lowest BCUT2D eigenvalue weighted by atomic mass is 9.81. The number of alkyl carbamates (subject to hydrolysis) is 1. The summed E-state index contributed by atoms with van der Waals surface area (Å²) < 4.78 is 5.67. The molecule has 2 aliphatic rings. The summed E-state index contributed by atoms with van der Waals surface area (Å²) in [7, 11) is 0. The third-order valence-electron chi connectivity index (χ3n) is 7.62. The molecule has 1 saturated heterocycles. The van der Waals surface area contributed by atoms with Crippen LogP contribution in [-0.4, -0.2) is 53.7 Å². The van der Waals surface area contributed by atoms with Crippen molar-refractivity contribution in [2.75, 3.05) is 19.7 Å². The van der Waals surface area contributed by atoms with Crippen molar-refractivity contribution >= 4 is 18.0 Å². The SMILES string of the molecule is CC[C@H](C)[C@H](NC(=O)OCC1c2ccccc2-c2ccccc21)C(=O)N1CCCC(C)(C(=O)O)C1. The summed E-state index contributed by atoms with van der Waals surface area (Å²) in [4.78, 5) is 39.6. The normalized spacial score (nSPS) is 20.9. The molecule has 1 aliphatic carbocycles. The smallest absolute Gasteiger partial charge is 0.407 e. The monoisotopic (exact) mass is 478 g/mol. The Labute approximate surface area is 206 Å². The van der Waals surface area contributed by atoms with E-state index in [1.165, 1.54) is 0 Å². The van der Waals surface area contributed by atoms with Crippen LogP contribution in [0.3, 0.4) is 0 Å². The lowest BCUT2D eigenvalue weighted by molar-refractivity contribution is -0.154. The number of hydrogen-bond acceptors (Lipinski definition) is 4. The van der Waals surface area contributed by atoms with Gasteiger partial charge in [-0.2, -0.15) is 0 Å². The highest BCUT2D eigenvalue weighted by Gasteiger charge is 2.42. The van der Waals surface area contributed by atoms with E-state index in [0.29, 0.717) is 25.8 Å². The molecule has 0 radical (unpaired) electrons. The van der Waals surface area contributed by atoms with Gasteiger partial charge in [0.2, 0.25) is 5.91 Å². The number of nitrogens with zero attached hydrogens (tertiary/aromatic N) is 1. The Bertz CT molecular complexity index is 1070. The number of carbonyl (C=O) groups excluding carboxylic acids is 2. The van der Waals surface area contributed by atoms with Crippen molar-refractivity contribution in [2.45, 2.75) is 52.0 Å². The number of piperidine rings is 1. The second kappa shape index (κ2) is 10.1. The minimum atomic E-state index is -0.975. The van der Waals surface area contributed by atoms with E-state index in [4.69, 9.17) is 4.74 Å². The number of likely N-dealkylation sites (tertiary alicyclic amines) is 1. The molecule has 0 bridgehead atoms. The summed E-state index contributed by atoms with van der Waals surface area (Å²) in [6.07, 6.45) is 1.19. The number of carbonyl (C=O) groups is 3. The van der Waals surface area contributed by atoms with Crippen LogP contribution in [0.15, 0.2) is 48.5 Å². The maximum Gasteiger partial charge on any atom is 0.407 e. The van der Waals surface area contributed by atoms with Crippen LogP contribution in [0, 0.1) is 11.3 Å². The molecule has 0 aromatic heterocycles. The topological polar surface area (TPSA) is 95.9 Å². The molecular weight excluding hydrogens is 444 g/mol. The van der Waals surface area contributed by atoms with Crippen LogP contribution in [0.25, 0.3) is 11.1 Å². The maximum absolute atomic E-state index is 13.4. The fraction of sp³-hybridized carbons (Fsp3) is 0.464. The van der Waals surface area contributed by atoms with Gasteiger partial charge in [0.25, 0.3) is 0 Å². The lowest BCUT2D eigenvalue weighted by Gasteiger charge is -2.39. The average Bonchev–Trinajstić information content (AvgIpc) is 3.19. The fourth-order valence-corrected chi connectivity index (χ4v) is 5.25. The average molecular weight is 479 g/mol. The Balaban J connectivity index is 1.44. The molecule has 2 aromatic rings. The quantitative estimate of drug-likeness (QED) is 0.604. The third kappa shape index (κ3) is 4.90. The third-order valence-corrected chi connectivity index (χ3v) is 7.62. The van der Waals surface area contributed by atoms with E-state index in [2.05, 4.69) is 29.6 Å². The molecule has 35 heavy (non-hydrogen) atoms. The van der Waals surface area contributed by atoms with Gasteiger partial charge in [0, 0.05) is 19.0 Å². The van der Waals surface area contributed by atoms with Crippen molar-refractivity contribution in [3.8, 4) is 11.1 Å². The van der Waals surface area contributed by atoms with Gasteiger partial charge in [-0.1, -0.05) is 68.8 Å². The molecule has 0 saturated carbocycles. The molecule has 3 atom stereocenters. The first-order valence-electron chi connectivity index (χ1n) is 12.4. The molecule has 2 amide bonds. The molecule has 2 aromatic carbocycles. The minimum Gasteiger partial charge on any atom is -0.481 e. The summed E-state index contributed by atoms with van der Waals surface area (Å²) in [6, 6.07) is 15.5. The molecule has 0 spiro atoms. The standard InChI is InChI=1S/C28H34N2O5/c1-4-18(2)24(25(31)30-15-9-14-28(3,17-30)26(32)33)29-27(34)35-16-23-21-12-7-5-10-19(21)20-11-6-8-13-22(20)23/h5-8,10-13,18,23-24H,4,9,14-17H2,1-3H3,(H,29,34)(H,32,33)/t18-,24-,28?/m0/s1. The second-order valence-corrected chi connectivity index (χ2v) is 10.1. The van der Waals surface area contributed by atoms with Crippen LogP contribution in [0.5, 0.6) is 0 Å². The van der Waals surface area contributed by atoms with Crippen LogP contribution in [-0.2, 0) is 14.3 Å². The number of carboxylic acids is 1. The van der Waals surface area contributed by atoms with Crippen LogP contribution >= 0.6 is 0 Å². The Morgan fingerprint density at radius 3 is 2.29 bits per heavy atom. The molecule has 4 rings (SSSR count). The van der Waals surface area contributed by atoms with E-state index in [1.54, 1.807) is 11.8 Å². The Hall–Kier alpha value is -3.35. The van der Waals surface area contributed by atoms with E-state index in [0.717, 1.165) is 22.3 Å². The van der Waals surface area contributed by atoms with Gasteiger partial charge in [-0.15, -0.1) is 0 Å². The summed E-state index contributed by atoms with van der Waals surface area (Å²) in [5.74, 6) is -1.34. The first kappa shape index (κ1) is 24.8. The number of ether oxygens (including phenoxy) is 1. The van der Waals surface area contributed by atoms with Gasteiger partial charge >= 0.3 is 12.1 Å². The van der Waals surface area contributed by atoms with Crippen LogP contribution in [0.4, 0.5) is 4.79 Å². The Morgan fingerprint density at radius 2 is 1.71 bits per heavy atom. The van der Waals surface area contributed by atoms with E-state index in [-0.39, 0.29) is 30.9 Å². The van der Waals surface area contributed by atoms with Gasteiger partial charge in [0.15, 0.2) is 0 Å². The van der Waals surface area contributed by atoms with Gasteiger partial charge in [0.05, 0.1) is 5.41 Å². The number of aliphatic carboxylic acids is 1. The van der Waals surface area contributed by atoms with E-state index < -0.39 is 23.5 Å². The molecule has 1 heterocycles. The summed E-state index contributed by atoms with van der Waals surface area (Å²) in [6.45, 7) is 6.34. The van der Waals surface area contributed by atoms with Crippen molar-refractivity contribution < 1.29 is 24.2 Å². The highest BCUT2D eigenvalue weighted by Crippen LogP contribution is 2.44. The number of nitrogens with one attached hydrogen (secondary N) is 1. The summed E-state index contributed by atoms with van der Waals surface area (Å²) >= 11 is 0. The van der Waals surface area contributed by atoms with Gasteiger partial charge in [0.1, 0.15) is 12.6 Å². The summed E-state index contributed by atoms with van der Waals surface area (Å²) in [5.41, 5.74) is 3.57. The zero-order chi connectivity index (χ0) is 25.2. The molecule has 7 nitrogen and oxygen atoms in total. The second-order valence-electron chi connectivity index (χ2n) is 10.1. The first-order chi connectivity index (χ1) is 16.7. The molecule has 1 aliphatic heterocycles. The number of hydrogen-bond donors (Lipinski definition) is 2. The van der Waals surface area contributed by atoms with Crippen LogP contribution in [0.2, 0.25) is 0 Å². The van der Waals surface area contributed by atoms with Gasteiger partial charge in [-0.25, -0.2) is 4.79 Å². The van der Waals surface area contributed by atoms with Crippen molar-refractivity contribution in [3.05, 3.63) is 59.7 Å². The maximum atomic E-state index is 13.4. The van der Waals surface area contributed by atoms with Crippen molar-refractivity contribution in [1.82, 2.24) is 10.2 Å². The highest BCUT2D eigenvalue weighted by atomic mass is 16.5. The predicted octanol–water partition coefficient (Wildman–Crippen LogP) is 4.65. The molecule has 1 fully saturated rings. The number of benzene rings is 2. The number of fused-ring (bicyclic) bond motifs is 3. The lowest BCUT2D eigenvalue weighted by Crippen LogP contribution is -2.56. The van der Waals surface area contributed by atoms with Gasteiger partial charge in [-0.05, 0) is 47.9 Å². The Kier molecular flexibility index (Phi) is 7.15. The van der Waals surface area contributed by atoms with E-state index >= 15 is 0 Å². The minimum absolute atomic E-state index is 0.0655. The fourth-order valence-electron chi connectivity index (χ4n) is 5.25. The van der Waals surface area contributed by atoms with Crippen LogP contribution in [0.1, 0.15) is 57.1 Å². The van der Waals surface area contributed by atoms with Gasteiger partial charge in [-0.3, -0.25) is 9.59 Å². The molecule has 2 N–H and O–H groups in total. The van der Waals surface area contributed by atoms with E-state index in [9.17, 15) is 19.5 Å². The molecular formula is C28H34N2O5. The first-order valence-corrected chi connectivity index (χ1v) is 12.4. The molecule has 7 heteroatoms. The molecule has 1 unspecified atom stereocenters. The van der Waals surface area contributed by atoms with Gasteiger partial charge < -0.3 is 20.1 Å². The van der Waals surface area contributed by atoms with Crippen molar-refractivity contribution in [3.63, 3.8) is 0 Å². The zero-order valence-electron chi connectivity index (χ0n) is 20.6. The zero-order valence-corrected chi connectivity index (χ0v) is 20.6. The Morgan fingerprint density at radius 1 is 1.11 bits per heavy atom. The largest absolute Gasteiger partial charge is 0.481 e. The van der Waals surface area contributed by atoms with Crippen molar-refractivity contribution in [2.24, 2.45) is 11.3 Å². The van der Waals surface area contributed by atoms with Crippen molar-refractivity contribution in [1.29, 1.82) is 0 Å². The predicted molar refractivity (Wildman–Crippen MR) is 133 cm³/mol. The van der Waals surface area contributed by atoms with Crippen LogP contribution < -0.4 is 5.32 Å². The summed E-state index contributed by atoms with van der Waals surface area (Å²) in [5, 5.41) is 12.4. The number of rotatable bonds is 7. The van der Waals surface area contributed by atoms with E-state index in [1.807, 2.05) is 38.1 Å². The molecule has 186 valence electrons. The number of amides is 2.